The molecule has 0 atom stereocenters. The van der Waals surface area contributed by atoms with Crippen LogP contribution in [0, 0.1) is 6.92 Å². The summed E-state index contributed by atoms with van der Waals surface area (Å²) in [6.45, 7) is 1.95. The lowest BCUT2D eigenvalue weighted by Gasteiger charge is -2.05. The molecule has 0 aliphatic heterocycles. The Balaban J connectivity index is 1.74. The van der Waals surface area contributed by atoms with Crippen LogP contribution in [0.4, 0.5) is 5.69 Å². The van der Waals surface area contributed by atoms with E-state index in [2.05, 4.69) is 10.5 Å². The minimum absolute atomic E-state index is 0.0153. The summed E-state index contributed by atoms with van der Waals surface area (Å²) in [5, 5.41) is 12.4. The molecular formula is C16H15N3O4S. The maximum Gasteiger partial charge on any atom is 0.238 e. The van der Waals surface area contributed by atoms with Gasteiger partial charge in [0.05, 0.1) is 11.3 Å². The SMILES string of the molecule is Cc1ccc2onc(CC(=O)Nc3ccc(S(N)(=O)=O)cc3)c2c1. The largest absolute Gasteiger partial charge is 0.356 e. The predicted octanol–water partition coefficient (Wildman–Crippen LogP) is 1.96. The summed E-state index contributed by atoms with van der Waals surface area (Å²) in [7, 11) is -3.75. The van der Waals surface area contributed by atoms with Crippen LogP contribution in [0.2, 0.25) is 0 Å². The van der Waals surface area contributed by atoms with Crippen LogP contribution in [0.3, 0.4) is 0 Å². The van der Waals surface area contributed by atoms with Gasteiger partial charge in [-0.2, -0.15) is 0 Å². The zero-order chi connectivity index (χ0) is 17.3. The number of aryl methyl sites for hydroxylation is 1. The number of hydrogen-bond donors (Lipinski definition) is 2. The average Bonchev–Trinajstić information content (AvgIpc) is 2.89. The van der Waals surface area contributed by atoms with Gasteiger partial charge in [0.25, 0.3) is 0 Å². The number of rotatable bonds is 4. The van der Waals surface area contributed by atoms with Gasteiger partial charge in [-0.05, 0) is 43.3 Å². The summed E-state index contributed by atoms with van der Waals surface area (Å²) >= 11 is 0. The Bertz CT molecular complexity index is 1010. The number of amides is 1. The second-order valence-electron chi connectivity index (χ2n) is 5.42. The van der Waals surface area contributed by atoms with E-state index in [-0.39, 0.29) is 17.2 Å². The van der Waals surface area contributed by atoms with E-state index in [0.29, 0.717) is 17.0 Å². The number of primary sulfonamides is 1. The number of sulfonamides is 1. The van der Waals surface area contributed by atoms with E-state index in [4.69, 9.17) is 9.66 Å². The molecule has 8 heteroatoms. The van der Waals surface area contributed by atoms with E-state index >= 15 is 0 Å². The van der Waals surface area contributed by atoms with Crippen molar-refractivity contribution in [1.29, 1.82) is 0 Å². The van der Waals surface area contributed by atoms with E-state index in [9.17, 15) is 13.2 Å². The molecule has 3 rings (SSSR count). The van der Waals surface area contributed by atoms with Crippen LogP contribution in [0.15, 0.2) is 51.9 Å². The molecule has 0 fully saturated rings. The Labute approximate surface area is 138 Å². The van der Waals surface area contributed by atoms with Gasteiger partial charge in [-0.1, -0.05) is 16.8 Å². The quantitative estimate of drug-likeness (QED) is 0.750. The highest BCUT2D eigenvalue weighted by Gasteiger charge is 2.13. The number of benzene rings is 2. The Morgan fingerprint density at radius 1 is 1.21 bits per heavy atom. The molecule has 7 nitrogen and oxygen atoms in total. The molecule has 1 amide bonds. The highest BCUT2D eigenvalue weighted by Crippen LogP contribution is 2.21. The zero-order valence-electron chi connectivity index (χ0n) is 12.8. The second kappa shape index (κ2) is 6.06. The molecule has 0 aliphatic carbocycles. The van der Waals surface area contributed by atoms with Gasteiger partial charge >= 0.3 is 0 Å². The van der Waals surface area contributed by atoms with Gasteiger partial charge < -0.3 is 9.84 Å². The van der Waals surface area contributed by atoms with Gasteiger partial charge in [0.2, 0.25) is 15.9 Å². The topological polar surface area (TPSA) is 115 Å². The standard InChI is InChI=1S/C16H15N3O4S/c1-10-2-7-15-13(8-10)14(19-23-15)9-16(20)18-11-3-5-12(6-4-11)24(17,21)22/h2-8H,9H2,1H3,(H,18,20)(H2,17,21,22). The van der Waals surface area contributed by atoms with Crippen molar-refractivity contribution in [3.05, 3.63) is 53.7 Å². The van der Waals surface area contributed by atoms with Crippen molar-refractivity contribution in [2.24, 2.45) is 5.14 Å². The number of carbonyl (C=O) groups is 1. The van der Waals surface area contributed by atoms with Crippen LogP contribution in [0.1, 0.15) is 11.3 Å². The molecule has 0 radical (unpaired) electrons. The van der Waals surface area contributed by atoms with Crippen LogP contribution < -0.4 is 10.5 Å². The van der Waals surface area contributed by atoms with Gasteiger partial charge in [0, 0.05) is 11.1 Å². The van der Waals surface area contributed by atoms with Gasteiger partial charge in [0.15, 0.2) is 5.58 Å². The van der Waals surface area contributed by atoms with Crippen molar-refractivity contribution >= 4 is 32.6 Å². The first kappa shape index (κ1) is 16.2. The molecule has 124 valence electrons. The molecular weight excluding hydrogens is 330 g/mol. The highest BCUT2D eigenvalue weighted by atomic mass is 32.2. The first-order valence-electron chi connectivity index (χ1n) is 7.10. The van der Waals surface area contributed by atoms with Gasteiger partial charge in [0.1, 0.15) is 5.69 Å². The molecule has 24 heavy (non-hydrogen) atoms. The molecule has 0 saturated heterocycles. The van der Waals surface area contributed by atoms with Crippen molar-refractivity contribution in [3.8, 4) is 0 Å². The lowest BCUT2D eigenvalue weighted by Crippen LogP contribution is -2.15. The maximum atomic E-state index is 12.2. The summed E-state index contributed by atoms with van der Waals surface area (Å²) < 4.78 is 27.6. The fourth-order valence-electron chi connectivity index (χ4n) is 2.32. The Morgan fingerprint density at radius 2 is 1.92 bits per heavy atom. The number of nitrogens with one attached hydrogen (secondary N) is 1. The van der Waals surface area contributed by atoms with Crippen LogP contribution in [-0.2, 0) is 21.2 Å². The fraction of sp³-hybridized carbons (Fsp3) is 0.125. The number of aromatic nitrogens is 1. The van der Waals surface area contributed by atoms with Crippen molar-refractivity contribution < 1.29 is 17.7 Å². The Hall–Kier alpha value is -2.71. The molecule has 1 aromatic heterocycles. The van der Waals surface area contributed by atoms with Crippen LogP contribution >= 0.6 is 0 Å². The molecule has 0 saturated carbocycles. The summed E-state index contributed by atoms with van der Waals surface area (Å²) in [6, 6.07) is 11.2. The van der Waals surface area contributed by atoms with Crippen molar-refractivity contribution in [2.45, 2.75) is 18.2 Å². The molecule has 0 aliphatic rings. The molecule has 0 spiro atoms. The number of nitrogens with two attached hydrogens (primary N) is 1. The van der Waals surface area contributed by atoms with E-state index in [1.807, 2.05) is 25.1 Å². The van der Waals surface area contributed by atoms with Crippen LogP contribution in [0.25, 0.3) is 11.0 Å². The van der Waals surface area contributed by atoms with E-state index in [1.54, 1.807) is 0 Å². The van der Waals surface area contributed by atoms with Gasteiger partial charge in [-0.15, -0.1) is 0 Å². The van der Waals surface area contributed by atoms with E-state index in [1.165, 1.54) is 24.3 Å². The summed E-state index contributed by atoms with van der Waals surface area (Å²) in [6.07, 6.45) is 0.0490. The number of fused-ring (bicyclic) bond motifs is 1. The third kappa shape index (κ3) is 3.44. The third-order valence-corrected chi connectivity index (χ3v) is 4.42. The molecule has 0 unspecified atom stereocenters. The molecule has 2 aromatic carbocycles. The number of anilines is 1. The molecule has 3 N–H and O–H groups in total. The zero-order valence-corrected chi connectivity index (χ0v) is 13.6. The van der Waals surface area contributed by atoms with Crippen LogP contribution in [0.5, 0.6) is 0 Å². The fourth-order valence-corrected chi connectivity index (χ4v) is 2.83. The highest BCUT2D eigenvalue weighted by molar-refractivity contribution is 7.89. The lowest BCUT2D eigenvalue weighted by molar-refractivity contribution is -0.115. The predicted molar refractivity (Wildman–Crippen MR) is 88.9 cm³/mol. The molecule has 1 heterocycles. The van der Waals surface area contributed by atoms with Crippen molar-refractivity contribution in [1.82, 2.24) is 5.16 Å². The van der Waals surface area contributed by atoms with Crippen LogP contribution in [-0.4, -0.2) is 19.5 Å². The van der Waals surface area contributed by atoms with E-state index in [0.717, 1.165) is 10.9 Å². The summed E-state index contributed by atoms with van der Waals surface area (Å²) in [5.41, 5.74) is 2.69. The molecule has 3 aromatic rings. The maximum absolute atomic E-state index is 12.2. The number of nitrogens with zero attached hydrogens (tertiary/aromatic N) is 1. The lowest BCUT2D eigenvalue weighted by atomic mass is 10.1. The minimum atomic E-state index is -3.75. The Kier molecular flexibility index (Phi) is 4.08. The number of carbonyl (C=O) groups excluding carboxylic acids is 1. The average molecular weight is 345 g/mol. The second-order valence-corrected chi connectivity index (χ2v) is 6.98. The summed E-state index contributed by atoms with van der Waals surface area (Å²) in [4.78, 5) is 12.1. The Morgan fingerprint density at radius 3 is 2.58 bits per heavy atom. The first-order chi connectivity index (χ1) is 11.3. The van der Waals surface area contributed by atoms with Gasteiger partial charge in [-0.25, -0.2) is 13.6 Å². The first-order valence-corrected chi connectivity index (χ1v) is 8.65. The smallest absolute Gasteiger partial charge is 0.238 e. The van der Waals surface area contributed by atoms with Crippen molar-refractivity contribution in [2.75, 3.05) is 5.32 Å². The third-order valence-electron chi connectivity index (χ3n) is 3.49. The van der Waals surface area contributed by atoms with Crippen molar-refractivity contribution in [3.63, 3.8) is 0 Å². The summed E-state index contributed by atoms with van der Waals surface area (Å²) in [5.74, 6) is -0.282. The number of hydrogen-bond acceptors (Lipinski definition) is 5. The molecule has 0 bridgehead atoms. The monoisotopic (exact) mass is 345 g/mol. The normalized spacial score (nSPS) is 11.6. The van der Waals surface area contributed by atoms with Gasteiger partial charge in [-0.3, -0.25) is 4.79 Å². The van der Waals surface area contributed by atoms with E-state index < -0.39 is 10.0 Å². The minimum Gasteiger partial charge on any atom is -0.356 e.